The highest BCUT2D eigenvalue weighted by Gasteiger charge is 2.32. The van der Waals surface area contributed by atoms with Crippen LogP contribution >= 0.6 is 0 Å². The maximum atomic E-state index is 5.79. The van der Waals surface area contributed by atoms with Crippen LogP contribution in [0.25, 0.3) is 0 Å². The second-order valence-corrected chi connectivity index (χ2v) is 4.63. The van der Waals surface area contributed by atoms with Crippen molar-refractivity contribution in [2.75, 3.05) is 27.3 Å². The molecule has 3 nitrogen and oxygen atoms in total. The number of hydrogen-bond donors (Lipinski definition) is 1. The Morgan fingerprint density at radius 3 is 2.53 bits per heavy atom. The minimum atomic E-state index is -0.0279. The van der Waals surface area contributed by atoms with E-state index in [0.717, 1.165) is 38.1 Å². The highest BCUT2D eigenvalue weighted by Crippen LogP contribution is 2.30. The molecule has 0 aliphatic carbocycles. The maximum Gasteiger partial charge on any atom is 0.122 e. The fourth-order valence-electron chi connectivity index (χ4n) is 2.53. The average molecular weight is 235 g/mol. The van der Waals surface area contributed by atoms with Gasteiger partial charge in [-0.25, -0.2) is 0 Å². The summed E-state index contributed by atoms with van der Waals surface area (Å²) in [5, 5.41) is 3.38. The SMILES string of the molecule is COc1ccccc1CC1(OC)CCNCC1. The molecule has 0 saturated carbocycles. The molecule has 94 valence electrons. The first-order valence-corrected chi connectivity index (χ1v) is 6.17. The van der Waals surface area contributed by atoms with Crippen LogP contribution in [0.5, 0.6) is 5.75 Å². The van der Waals surface area contributed by atoms with E-state index in [2.05, 4.69) is 17.4 Å². The van der Waals surface area contributed by atoms with Crippen LogP contribution in [0.2, 0.25) is 0 Å². The fraction of sp³-hybridized carbons (Fsp3) is 0.571. The molecule has 1 aliphatic heterocycles. The second kappa shape index (κ2) is 5.52. The number of rotatable bonds is 4. The lowest BCUT2D eigenvalue weighted by Crippen LogP contribution is -2.45. The lowest BCUT2D eigenvalue weighted by Gasteiger charge is -2.36. The summed E-state index contributed by atoms with van der Waals surface area (Å²) in [6, 6.07) is 8.20. The van der Waals surface area contributed by atoms with Crippen molar-refractivity contribution in [3.63, 3.8) is 0 Å². The van der Waals surface area contributed by atoms with Crippen LogP contribution in [0, 0.1) is 0 Å². The Bertz CT molecular complexity index is 359. The van der Waals surface area contributed by atoms with Gasteiger partial charge < -0.3 is 14.8 Å². The van der Waals surface area contributed by atoms with E-state index in [4.69, 9.17) is 9.47 Å². The van der Waals surface area contributed by atoms with Crippen LogP contribution in [-0.2, 0) is 11.2 Å². The predicted molar refractivity (Wildman–Crippen MR) is 68.5 cm³/mol. The van der Waals surface area contributed by atoms with Crippen molar-refractivity contribution in [1.29, 1.82) is 0 Å². The molecule has 0 unspecified atom stereocenters. The number of methoxy groups -OCH3 is 2. The van der Waals surface area contributed by atoms with Crippen LogP contribution in [0.4, 0.5) is 0 Å². The third kappa shape index (κ3) is 2.79. The van der Waals surface area contributed by atoms with E-state index in [1.54, 1.807) is 7.11 Å². The van der Waals surface area contributed by atoms with Gasteiger partial charge in [-0.1, -0.05) is 18.2 Å². The van der Waals surface area contributed by atoms with Crippen molar-refractivity contribution < 1.29 is 9.47 Å². The minimum Gasteiger partial charge on any atom is -0.496 e. The van der Waals surface area contributed by atoms with Crippen LogP contribution < -0.4 is 10.1 Å². The van der Waals surface area contributed by atoms with Crippen molar-refractivity contribution in [3.8, 4) is 5.75 Å². The summed E-state index contributed by atoms with van der Waals surface area (Å²) in [7, 11) is 3.54. The molecule has 0 atom stereocenters. The molecular formula is C14H21NO2. The van der Waals surface area contributed by atoms with Gasteiger partial charge in [0.05, 0.1) is 12.7 Å². The smallest absolute Gasteiger partial charge is 0.122 e. The van der Waals surface area contributed by atoms with E-state index >= 15 is 0 Å². The number of ether oxygens (including phenoxy) is 2. The number of hydrogen-bond acceptors (Lipinski definition) is 3. The van der Waals surface area contributed by atoms with Gasteiger partial charge in [0.2, 0.25) is 0 Å². The molecular weight excluding hydrogens is 214 g/mol. The van der Waals surface area contributed by atoms with Gasteiger partial charge in [-0.2, -0.15) is 0 Å². The summed E-state index contributed by atoms with van der Waals surface area (Å²) in [6.45, 7) is 2.06. The molecule has 0 aromatic heterocycles. The van der Waals surface area contributed by atoms with E-state index in [0.29, 0.717) is 0 Å². The molecule has 1 fully saturated rings. The normalized spacial score (nSPS) is 18.9. The van der Waals surface area contributed by atoms with E-state index in [1.807, 2.05) is 19.2 Å². The third-order valence-electron chi connectivity index (χ3n) is 3.65. The molecule has 17 heavy (non-hydrogen) atoms. The van der Waals surface area contributed by atoms with Crippen molar-refractivity contribution in [2.45, 2.75) is 24.9 Å². The quantitative estimate of drug-likeness (QED) is 0.866. The molecule has 1 aromatic rings. The molecule has 1 heterocycles. The Morgan fingerprint density at radius 2 is 1.88 bits per heavy atom. The zero-order valence-corrected chi connectivity index (χ0v) is 10.7. The number of piperidine rings is 1. The molecule has 0 spiro atoms. The van der Waals surface area contributed by atoms with Gasteiger partial charge in [-0.15, -0.1) is 0 Å². The summed E-state index contributed by atoms with van der Waals surface area (Å²) >= 11 is 0. The largest absolute Gasteiger partial charge is 0.496 e. The zero-order valence-electron chi connectivity index (χ0n) is 10.7. The van der Waals surface area contributed by atoms with E-state index < -0.39 is 0 Å². The number of nitrogens with one attached hydrogen (secondary N) is 1. The Balaban J connectivity index is 2.17. The fourth-order valence-corrected chi connectivity index (χ4v) is 2.53. The topological polar surface area (TPSA) is 30.5 Å². The summed E-state index contributed by atoms with van der Waals surface area (Å²) in [5.41, 5.74) is 1.21. The Hall–Kier alpha value is -1.06. The molecule has 1 aliphatic rings. The Labute approximate surface area is 103 Å². The minimum absolute atomic E-state index is 0.0279. The Kier molecular flexibility index (Phi) is 4.02. The van der Waals surface area contributed by atoms with Crippen molar-refractivity contribution in [2.24, 2.45) is 0 Å². The van der Waals surface area contributed by atoms with Crippen molar-refractivity contribution >= 4 is 0 Å². The summed E-state index contributed by atoms with van der Waals surface area (Å²) in [5.74, 6) is 0.961. The van der Waals surface area contributed by atoms with Crippen molar-refractivity contribution in [1.82, 2.24) is 5.32 Å². The lowest BCUT2D eigenvalue weighted by molar-refractivity contribution is -0.0336. The number of benzene rings is 1. The molecule has 1 N–H and O–H groups in total. The van der Waals surface area contributed by atoms with Gasteiger partial charge in [0, 0.05) is 13.5 Å². The number of para-hydroxylation sites is 1. The first-order valence-electron chi connectivity index (χ1n) is 6.17. The second-order valence-electron chi connectivity index (χ2n) is 4.63. The monoisotopic (exact) mass is 235 g/mol. The highest BCUT2D eigenvalue weighted by atomic mass is 16.5. The third-order valence-corrected chi connectivity index (χ3v) is 3.65. The molecule has 1 aromatic carbocycles. The van der Waals surface area contributed by atoms with Crippen molar-refractivity contribution in [3.05, 3.63) is 29.8 Å². The highest BCUT2D eigenvalue weighted by molar-refractivity contribution is 5.34. The van der Waals surface area contributed by atoms with Gasteiger partial charge in [-0.3, -0.25) is 0 Å². The van der Waals surface area contributed by atoms with Gasteiger partial charge in [0.1, 0.15) is 5.75 Å². The van der Waals surface area contributed by atoms with Gasteiger partial charge in [0.25, 0.3) is 0 Å². The maximum absolute atomic E-state index is 5.79. The predicted octanol–water partition coefficient (Wildman–Crippen LogP) is 2.01. The summed E-state index contributed by atoms with van der Waals surface area (Å²) in [6.07, 6.45) is 3.04. The van der Waals surface area contributed by atoms with Gasteiger partial charge in [-0.05, 0) is 37.6 Å². The first kappa shape index (κ1) is 12.4. The van der Waals surface area contributed by atoms with E-state index in [-0.39, 0.29) is 5.60 Å². The van der Waals surface area contributed by atoms with Crippen LogP contribution in [0.3, 0.4) is 0 Å². The molecule has 0 amide bonds. The zero-order chi connectivity index (χ0) is 12.1. The molecule has 3 heteroatoms. The first-order chi connectivity index (χ1) is 8.29. The Morgan fingerprint density at radius 1 is 1.18 bits per heavy atom. The summed E-state index contributed by atoms with van der Waals surface area (Å²) in [4.78, 5) is 0. The molecule has 2 rings (SSSR count). The average Bonchev–Trinajstić information content (AvgIpc) is 2.40. The van der Waals surface area contributed by atoms with Crippen LogP contribution in [-0.4, -0.2) is 32.9 Å². The van der Waals surface area contributed by atoms with Gasteiger partial charge >= 0.3 is 0 Å². The van der Waals surface area contributed by atoms with Gasteiger partial charge in [0.15, 0.2) is 0 Å². The van der Waals surface area contributed by atoms with E-state index in [9.17, 15) is 0 Å². The molecule has 1 saturated heterocycles. The van der Waals surface area contributed by atoms with Crippen LogP contribution in [0.15, 0.2) is 24.3 Å². The van der Waals surface area contributed by atoms with Crippen LogP contribution in [0.1, 0.15) is 18.4 Å². The van der Waals surface area contributed by atoms with E-state index in [1.165, 1.54) is 5.56 Å². The molecule has 0 radical (unpaired) electrons. The summed E-state index contributed by atoms with van der Waals surface area (Å²) < 4.78 is 11.2. The lowest BCUT2D eigenvalue weighted by atomic mass is 9.85. The molecule has 0 bridgehead atoms. The standard InChI is InChI=1S/C14H21NO2/c1-16-13-6-4-3-5-12(13)11-14(17-2)7-9-15-10-8-14/h3-6,15H,7-11H2,1-2H3.